The topological polar surface area (TPSA) is 57.8 Å². The lowest BCUT2D eigenvalue weighted by molar-refractivity contribution is -0.133. The number of amides is 1. The van der Waals surface area contributed by atoms with Gasteiger partial charge in [0.1, 0.15) is 0 Å². The number of thiazole rings is 1. The summed E-state index contributed by atoms with van der Waals surface area (Å²) >= 11 is 1.57. The fourth-order valence-electron chi connectivity index (χ4n) is 2.81. The van der Waals surface area contributed by atoms with Gasteiger partial charge < -0.3 is 10.0 Å². The SMILES string of the molecule is O=C(Cc1cn2ccsc2n1)N1CCCCCC1CO. The number of carbonyl (C=O) groups excluding carboxylic acids is 1. The number of rotatable bonds is 3. The highest BCUT2D eigenvalue weighted by Gasteiger charge is 2.25. The highest BCUT2D eigenvalue weighted by molar-refractivity contribution is 7.15. The van der Waals surface area contributed by atoms with Crippen LogP contribution in [0.3, 0.4) is 0 Å². The lowest BCUT2D eigenvalue weighted by Crippen LogP contribution is -2.42. The first-order chi connectivity index (χ1) is 9.78. The predicted octanol–water partition coefficient (Wildman–Crippen LogP) is 1.70. The highest BCUT2D eigenvalue weighted by Crippen LogP contribution is 2.18. The first-order valence-corrected chi connectivity index (χ1v) is 7.97. The molecule has 5 nitrogen and oxygen atoms in total. The molecule has 6 heteroatoms. The Bertz CT molecular complexity index is 564. The summed E-state index contributed by atoms with van der Waals surface area (Å²) in [6.45, 7) is 0.816. The summed E-state index contributed by atoms with van der Waals surface area (Å²) in [6.07, 6.45) is 8.35. The molecule has 3 heterocycles. The van der Waals surface area contributed by atoms with E-state index < -0.39 is 0 Å². The average molecular weight is 293 g/mol. The van der Waals surface area contributed by atoms with Crippen molar-refractivity contribution in [2.45, 2.75) is 38.1 Å². The third kappa shape index (κ3) is 2.71. The van der Waals surface area contributed by atoms with Gasteiger partial charge in [-0.3, -0.25) is 9.20 Å². The largest absolute Gasteiger partial charge is 0.394 e. The van der Waals surface area contributed by atoms with Gasteiger partial charge in [0.25, 0.3) is 0 Å². The van der Waals surface area contributed by atoms with Crippen molar-refractivity contribution < 1.29 is 9.90 Å². The minimum absolute atomic E-state index is 0.0197. The van der Waals surface area contributed by atoms with E-state index in [1.165, 1.54) is 0 Å². The Kier molecular flexibility index (Phi) is 4.03. The molecule has 2 aromatic heterocycles. The number of aliphatic hydroxyl groups is 1. The maximum absolute atomic E-state index is 12.5. The van der Waals surface area contributed by atoms with Crippen LogP contribution in [0.1, 0.15) is 31.4 Å². The van der Waals surface area contributed by atoms with Gasteiger partial charge in [-0.1, -0.05) is 12.8 Å². The Balaban J connectivity index is 1.72. The van der Waals surface area contributed by atoms with Gasteiger partial charge in [0.15, 0.2) is 4.96 Å². The molecule has 0 spiro atoms. The number of nitrogens with zero attached hydrogens (tertiary/aromatic N) is 3. The Hall–Kier alpha value is -1.40. The summed E-state index contributed by atoms with van der Waals surface area (Å²) in [6, 6.07) is -0.0197. The quantitative estimate of drug-likeness (QED) is 0.937. The first kappa shape index (κ1) is 13.6. The van der Waals surface area contributed by atoms with Gasteiger partial charge in [-0.15, -0.1) is 11.3 Å². The molecule has 1 unspecified atom stereocenters. The number of likely N-dealkylation sites (tertiary alicyclic amines) is 1. The van der Waals surface area contributed by atoms with Gasteiger partial charge >= 0.3 is 0 Å². The summed E-state index contributed by atoms with van der Waals surface area (Å²) in [5, 5.41) is 11.4. The second kappa shape index (κ2) is 5.93. The zero-order chi connectivity index (χ0) is 13.9. The third-order valence-electron chi connectivity index (χ3n) is 3.88. The molecule has 1 N–H and O–H groups in total. The molecule has 0 aromatic carbocycles. The maximum Gasteiger partial charge on any atom is 0.228 e. The van der Waals surface area contributed by atoms with Crippen molar-refractivity contribution in [3.05, 3.63) is 23.5 Å². The second-order valence-corrected chi connectivity index (χ2v) is 6.15. The van der Waals surface area contributed by atoms with Crippen LogP contribution in [0.25, 0.3) is 4.96 Å². The smallest absolute Gasteiger partial charge is 0.228 e. The zero-order valence-electron chi connectivity index (χ0n) is 11.4. The Morgan fingerprint density at radius 2 is 2.35 bits per heavy atom. The molecule has 1 saturated heterocycles. The van der Waals surface area contributed by atoms with Gasteiger partial charge in [-0.05, 0) is 12.8 Å². The van der Waals surface area contributed by atoms with E-state index in [-0.39, 0.29) is 18.6 Å². The molecule has 108 valence electrons. The number of imidazole rings is 1. The highest BCUT2D eigenvalue weighted by atomic mass is 32.1. The standard InChI is InChI=1S/C14H19N3O2S/c18-10-12-4-2-1-3-5-17(12)13(19)8-11-9-16-6-7-20-14(16)15-11/h6-7,9,12,18H,1-5,8,10H2. The number of carbonyl (C=O) groups is 1. The molecule has 0 aliphatic carbocycles. The Morgan fingerprint density at radius 3 is 3.15 bits per heavy atom. The molecule has 1 amide bonds. The molecule has 2 aromatic rings. The number of hydrogen-bond donors (Lipinski definition) is 1. The van der Waals surface area contributed by atoms with Crippen molar-refractivity contribution in [3.8, 4) is 0 Å². The van der Waals surface area contributed by atoms with Gasteiger partial charge in [0.05, 0.1) is 24.8 Å². The van der Waals surface area contributed by atoms with Crippen LogP contribution in [-0.2, 0) is 11.2 Å². The maximum atomic E-state index is 12.5. The molecule has 20 heavy (non-hydrogen) atoms. The lowest BCUT2D eigenvalue weighted by atomic mass is 10.1. The Labute approximate surface area is 121 Å². The van der Waals surface area contributed by atoms with Crippen molar-refractivity contribution in [1.29, 1.82) is 0 Å². The number of fused-ring (bicyclic) bond motifs is 1. The van der Waals surface area contributed by atoms with Crippen molar-refractivity contribution in [3.63, 3.8) is 0 Å². The van der Waals surface area contributed by atoms with Crippen LogP contribution < -0.4 is 0 Å². The summed E-state index contributed by atoms with van der Waals surface area (Å²) in [5.41, 5.74) is 0.808. The van der Waals surface area contributed by atoms with Crippen LogP contribution in [-0.4, -0.2) is 44.5 Å². The van der Waals surface area contributed by atoms with Crippen LogP contribution in [0, 0.1) is 0 Å². The number of hydrogen-bond acceptors (Lipinski definition) is 4. The van der Waals surface area contributed by atoms with E-state index in [2.05, 4.69) is 4.98 Å². The van der Waals surface area contributed by atoms with Crippen molar-refractivity contribution in [1.82, 2.24) is 14.3 Å². The molecule has 3 rings (SSSR count). The van der Waals surface area contributed by atoms with Crippen LogP contribution >= 0.6 is 11.3 Å². The van der Waals surface area contributed by atoms with E-state index in [0.717, 1.165) is 42.9 Å². The van der Waals surface area contributed by atoms with Crippen LogP contribution in [0.15, 0.2) is 17.8 Å². The molecule has 1 atom stereocenters. The van der Waals surface area contributed by atoms with E-state index in [9.17, 15) is 9.90 Å². The van der Waals surface area contributed by atoms with Gasteiger partial charge in [-0.2, -0.15) is 0 Å². The average Bonchev–Trinajstić information content (AvgIpc) is 2.91. The molecule has 1 fully saturated rings. The normalized spacial score (nSPS) is 20.2. The van der Waals surface area contributed by atoms with E-state index in [1.807, 2.05) is 27.1 Å². The van der Waals surface area contributed by atoms with Gasteiger partial charge in [0.2, 0.25) is 5.91 Å². The van der Waals surface area contributed by atoms with Gasteiger partial charge in [-0.25, -0.2) is 4.98 Å². The van der Waals surface area contributed by atoms with Crippen LogP contribution in [0.5, 0.6) is 0 Å². The second-order valence-electron chi connectivity index (χ2n) is 5.27. The summed E-state index contributed by atoms with van der Waals surface area (Å²) in [7, 11) is 0. The minimum Gasteiger partial charge on any atom is -0.394 e. The molecule has 0 radical (unpaired) electrons. The van der Waals surface area contributed by atoms with Crippen molar-refractivity contribution >= 4 is 22.2 Å². The van der Waals surface area contributed by atoms with Crippen LogP contribution in [0.2, 0.25) is 0 Å². The predicted molar refractivity (Wildman–Crippen MR) is 77.8 cm³/mol. The molecular weight excluding hydrogens is 274 g/mol. The first-order valence-electron chi connectivity index (χ1n) is 7.09. The van der Waals surface area contributed by atoms with Crippen molar-refractivity contribution in [2.75, 3.05) is 13.2 Å². The minimum atomic E-state index is -0.0197. The lowest BCUT2D eigenvalue weighted by Gasteiger charge is -2.28. The number of aromatic nitrogens is 2. The molecule has 0 bridgehead atoms. The molecule has 1 aliphatic rings. The van der Waals surface area contributed by atoms with Crippen molar-refractivity contribution in [2.24, 2.45) is 0 Å². The number of aliphatic hydroxyl groups excluding tert-OH is 1. The molecule has 1 aliphatic heterocycles. The summed E-state index contributed by atoms with van der Waals surface area (Å²) < 4.78 is 1.94. The van der Waals surface area contributed by atoms with E-state index in [4.69, 9.17) is 0 Å². The third-order valence-corrected chi connectivity index (χ3v) is 4.65. The molecular formula is C14H19N3O2S. The summed E-state index contributed by atoms with van der Waals surface area (Å²) in [5.74, 6) is 0.0803. The monoisotopic (exact) mass is 293 g/mol. The van der Waals surface area contributed by atoms with E-state index in [0.29, 0.717) is 6.42 Å². The van der Waals surface area contributed by atoms with E-state index >= 15 is 0 Å². The van der Waals surface area contributed by atoms with E-state index in [1.54, 1.807) is 11.3 Å². The Morgan fingerprint density at radius 1 is 1.45 bits per heavy atom. The van der Waals surface area contributed by atoms with Crippen LogP contribution in [0.4, 0.5) is 0 Å². The fraction of sp³-hybridized carbons (Fsp3) is 0.571. The molecule has 0 saturated carbocycles. The van der Waals surface area contributed by atoms with Gasteiger partial charge in [0, 0.05) is 24.3 Å². The summed E-state index contributed by atoms with van der Waals surface area (Å²) in [4.78, 5) is 19.7. The fourth-order valence-corrected chi connectivity index (χ4v) is 3.53. The zero-order valence-corrected chi connectivity index (χ0v) is 12.2.